The molecule has 1 aromatic rings. The molecule has 0 aliphatic rings. The zero-order valence-corrected chi connectivity index (χ0v) is 10.8. The first kappa shape index (κ1) is 15.2. The molecule has 1 aromatic heterocycles. The average molecular weight is 271 g/mol. The van der Waals surface area contributed by atoms with Crippen LogP contribution in [-0.4, -0.2) is 22.2 Å². The molecule has 0 aromatic carbocycles. The summed E-state index contributed by atoms with van der Waals surface area (Å²) in [5, 5.41) is 30.7. The van der Waals surface area contributed by atoms with E-state index in [1.165, 1.54) is 5.32 Å². The van der Waals surface area contributed by atoms with Crippen LogP contribution in [0.5, 0.6) is 5.75 Å². The second-order valence-corrected chi connectivity index (χ2v) is 4.54. The van der Waals surface area contributed by atoms with Gasteiger partial charge in [0.15, 0.2) is 0 Å². The van der Waals surface area contributed by atoms with Gasteiger partial charge in [-0.15, -0.1) is 0 Å². The van der Waals surface area contributed by atoms with Gasteiger partial charge in [-0.25, -0.2) is 0 Å². The van der Waals surface area contributed by atoms with Gasteiger partial charge in [0, 0.05) is 12.0 Å². The van der Waals surface area contributed by atoms with Crippen LogP contribution in [0.2, 0.25) is 0 Å². The van der Waals surface area contributed by atoms with Crippen LogP contribution in [-0.2, 0) is 17.9 Å². The summed E-state index contributed by atoms with van der Waals surface area (Å²) in [4.78, 5) is 22.3. The molecule has 0 saturated carbocycles. The highest BCUT2D eigenvalue weighted by atomic mass is 16.4. The van der Waals surface area contributed by atoms with Crippen LogP contribution in [0.15, 0.2) is 15.3 Å². The normalized spacial score (nSPS) is 12.6. The third kappa shape index (κ3) is 3.80. The maximum Gasteiger partial charge on any atom is 0.227 e. The van der Waals surface area contributed by atoms with Gasteiger partial charge in [0.05, 0.1) is 5.97 Å². The number of hydrogen-bond donors (Lipinski definition) is 3. The van der Waals surface area contributed by atoms with Crippen LogP contribution >= 0.6 is 0 Å². The quantitative estimate of drug-likeness (QED) is 0.532. The SMILES string of the molecule is CC(C)[C@H]([NH2+]Cc1oc(CO)cc(=O)c1O)C(=O)[O-]. The third-order valence-corrected chi connectivity index (χ3v) is 2.75. The Bertz CT molecular complexity index is 507. The summed E-state index contributed by atoms with van der Waals surface area (Å²) in [7, 11) is 0. The number of carboxylic acids is 1. The van der Waals surface area contributed by atoms with Crippen LogP contribution in [0.1, 0.15) is 25.4 Å². The number of quaternary nitrogens is 1. The monoisotopic (exact) mass is 271 g/mol. The highest BCUT2D eigenvalue weighted by molar-refractivity contribution is 5.69. The molecule has 7 nitrogen and oxygen atoms in total. The molecule has 0 radical (unpaired) electrons. The van der Waals surface area contributed by atoms with Crippen LogP contribution in [0, 0.1) is 5.92 Å². The molecule has 1 rings (SSSR count). The van der Waals surface area contributed by atoms with Gasteiger partial charge in [0.1, 0.15) is 25.0 Å². The number of hydrogen-bond acceptors (Lipinski definition) is 6. The van der Waals surface area contributed by atoms with E-state index < -0.39 is 29.8 Å². The van der Waals surface area contributed by atoms with Crippen molar-refractivity contribution in [2.24, 2.45) is 5.92 Å². The topological polar surface area (TPSA) is 127 Å². The molecule has 0 fully saturated rings. The van der Waals surface area contributed by atoms with Crippen LogP contribution < -0.4 is 15.9 Å². The molecule has 0 bridgehead atoms. The van der Waals surface area contributed by atoms with Gasteiger partial charge in [-0.3, -0.25) is 4.79 Å². The number of nitrogens with two attached hydrogens (primary N) is 1. The van der Waals surface area contributed by atoms with Gasteiger partial charge in [-0.05, 0) is 0 Å². The minimum absolute atomic E-state index is 0.0146. The maximum absolute atomic E-state index is 11.4. The first-order chi connectivity index (χ1) is 8.86. The lowest BCUT2D eigenvalue weighted by atomic mass is 10.0. The summed E-state index contributed by atoms with van der Waals surface area (Å²) in [5.74, 6) is -2.03. The lowest BCUT2D eigenvalue weighted by Gasteiger charge is -2.19. The number of carbonyl (C=O) groups is 1. The fraction of sp³-hybridized carbons (Fsp3) is 0.500. The van der Waals surface area contributed by atoms with E-state index in [9.17, 15) is 19.8 Å². The molecule has 0 amide bonds. The molecular weight excluding hydrogens is 254 g/mol. The van der Waals surface area contributed by atoms with E-state index in [2.05, 4.69) is 0 Å². The Hall–Kier alpha value is -1.86. The first-order valence-corrected chi connectivity index (χ1v) is 5.86. The molecule has 0 aliphatic carbocycles. The highest BCUT2D eigenvalue weighted by Gasteiger charge is 2.20. The van der Waals surface area contributed by atoms with E-state index in [-0.39, 0.29) is 24.0 Å². The molecule has 1 heterocycles. The van der Waals surface area contributed by atoms with Crippen molar-refractivity contribution in [3.05, 3.63) is 27.8 Å². The van der Waals surface area contributed by atoms with Gasteiger partial charge in [-0.2, -0.15) is 0 Å². The maximum atomic E-state index is 11.4. The van der Waals surface area contributed by atoms with Gasteiger partial charge in [-0.1, -0.05) is 13.8 Å². The second kappa shape index (κ2) is 6.35. The van der Waals surface area contributed by atoms with E-state index in [4.69, 9.17) is 9.52 Å². The highest BCUT2D eigenvalue weighted by Crippen LogP contribution is 2.12. The van der Waals surface area contributed by atoms with Gasteiger partial charge >= 0.3 is 0 Å². The molecule has 0 saturated heterocycles. The van der Waals surface area contributed by atoms with E-state index in [1.807, 2.05) is 0 Å². The van der Waals surface area contributed by atoms with Crippen molar-refractivity contribution in [3.63, 3.8) is 0 Å². The molecule has 0 spiro atoms. The molecule has 4 N–H and O–H groups in total. The lowest BCUT2D eigenvalue weighted by Crippen LogP contribution is -2.93. The molecule has 0 unspecified atom stereocenters. The number of rotatable bonds is 6. The molecule has 106 valence electrons. The van der Waals surface area contributed by atoms with E-state index >= 15 is 0 Å². The molecular formula is C12H17NO6. The van der Waals surface area contributed by atoms with E-state index in [0.717, 1.165) is 6.07 Å². The Morgan fingerprint density at radius 1 is 1.53 bits per heavy atom. The number of aliphatic hydroxyl groups excluding tert-OH is 1. The third-order valence-electron chi connectivity index (χ3n) is 2.75. The van der Waals surface area contributed by atoms with Crippen molar-refractivity contribution in [1.29, 1.82) is 0 Å². The van der Waals surface area contributed by atoms with Gasteiger partial charge < -0.3 is 29.8 Å². The summed E-state index contributed by atoms with van der Waals surface area (Å²) < 4.78 is 5.10. The van der Waals surface area contributed by atoms with Crippen molar-refractivity contribution in [3.8, 4) is 5.75 Å². The van der Waals surface area contributed by atoms with E-state index in [1.54, 1.807) is 13.8 Å². The minimum Gasteiger partial charge on any atom is -0.544 e. The average Bonchev–Trinajstić information content (AvgIpc) is 2.33. The summed E-state index contributed by atoms with van der Waals surface area (Å²) in [5.41, 5.74) is -0.673. The molecule has 1 atom stereocenters. The van der Waals surface area contributed by atoms with Gasteiger partial charge in [0.2, 0.25) is 16.9 Å². The Morgan fingerprint density at radius 3 is 2.63 bits per heavy atom. The van der Waals surface area contributed by atoms with E-state index in [0.29, 0.717) is 0 Å². The fourth-order valence-electron chi connectivity index (χ4n) is 1.68. The zero-order valence-electron chi connectivity index (χ0n) is 10.8. The van der Waals surface area contributed by atoms with Crippen molar-refractivity contribution >= 4 is 5.97 Å². The first-order valence-electron chi connectivity index (χ1n) is 5.86. The second-order valence-electron chi connectivity index (χ2n) is 4.54. The van der Waals surface area contributed by atoms with Crippen molar-refractivity contribution < 1.29 is 29.8 Å². The molecule has 0 aliphatic heterocycles. The Kier molecular flexibility index (Phi) is 5.08. The Morgan fingerprint density at radius 2 is 2.16 bits per heavy atom. The predicted octanol–water partition coefficient (Wildman–Crippen LogP) is -2.32. The number of aliphatic hydroxyl groups is 1. The van der Waals surface area contributed by atoms with Crippen molar-refractivity contribution in [1.82, 2.24) is 0 Å². The minimum atomic E-state index is -1.23. The van der Waals surface area contributed by atoms with Gasteiger partial charge in [0.25, 0.3) is 0 Å². The standard InChI is InChI=1S/C12H17NO6/c1-6(2)10(12(17)18)13-4-9-11(16)8(15)3-7(5-14)19-9/h3,6,10,13-14,16H,4-5H2,1-2H3,(H,17,18)/t10-/m0/s1. The van der Waals surface area contributed by atoms with Crippen LogP contribution in [0.3, 0.4) is 0 Å². The lowest BCUT2D eigenvalue weighted by molar-refractivity contribution is -0.705. The van der Waals surface area contributed by atoms with Crippen molar-refractivity contribution in [2.45, 2.75) is 33.0 Å². The largest absolute Gasteiger partial charge is 0.544 e. The molecule has 19 heavy (non-hydrogen) atoms. The molecule has 7 heteroatoms. The summed E-state index contributed by atoms with van der Waals surface area (Å²) >= 11 is 0. The summed E-state index contributed by atoms with van der Waals surface area (Å²) in [6.07, 6.45) is 0. The smallest absolute Gasteiger partial charge is 0.227 e. The zero-order chi connectivity index (χ0) is 14.6. The Labute approximate surface area is 109 Å². The number of carbonyl (C=O) groups excluding carboxylic acids is 1. The van der Waals surface area contributed by atoms with Crippen LogP contribution in [0.25, 0.3) is 0 Å². The summed E-state index contributed by atoms with van der Waals surface area (Å²) in [6, 6.07) is 0.167. The van der Waals surface area contributed by atoms with Crippen LogP contribution in [0.4, 0.5) is 0 Å². The fourth-order valence-corrected chi connectivity index (χ4v) is 1.68. The number of aromatic hydroxyl groups is 1. The van der Waals surface area contributed by atoms with Crippen molar-refractivity contribution in [2.75, 3.05) is 0 Å². The Balaban J connectivity index is 2.91. The number of aliphatic carboxylic acids is 1. The predicted molar refractivity (Wildman–Crippen MR) is 61.8 cm³/mol. The number of carboxylic acid groups (broad SMARTS) is 1. The summed E-state index contributed by atoms with van der Waals surface area (Å²) in [6.45, 7) is 2.93.